The van der Waals surface area contributed by atoms with Crippen molar-refractivity contribution in [2.75, 3.05) is 19.6 Å². The van der Waals surface area contributed by atoms with Crippen molar-refractivity contribution in [2.45, 2.75) is 58.9 Å². The Hall–Kier alpha value is -0.0800. The molecule has 106 valence electrons. The van der Waals surface area contributed by atoms with Crippen LogP contribution in [0.15, 0.2) is 0 Å². The highest BCUT2D eigenvalue weighted by Gasteiger charge is 2.33. The standard InChI is InChI=1S/C16H32N2/c1-12-4-6-15(7-5-12)16(10-17)18-9-8-13(2)14(3)11-18/h12-16H,4-11,17H2,1-3H3. The molecule has 0 amide bonds. The van der Waals surface area contributed by atoms with E-state index in [0.29, 0.717) is 6.04 Å². The van der Waals surface area contributed by atoms with Crippen molar-refractivity contribution in [2.24, 2.45) is 29.4 Å². The van der Waals surface area contributed by atoms with Gasteiger partial charge in [-0.25, -0.2) is 0 Å². The van der Waals surface area contributed by atoms with Crippen LogP contribution in [0.25, 0.3) is 0 Å². The molecule has 18 heavy (non-hydrogen) atoms. The predicted molar refractivity (Wildman–Crippen MR) is 78.5 cm³/mol. The fraction of sp³-hybridized carbons (Fsp3) is 1.00. The van der Waals surface area contributed by atoms with Crippen LogP contribution in [0.1, 0.15) is 52.9 Å². The van der Waals surface area contributed by atoms with Gasteiger partial charge in [0.25, 0.3) is 0 Å². The van der Waals surface area contributed by atoms with Crippen molar-refractivity contribution in [1.29, 1.82) is 0 Å². The lowest BCUT2D eigenvalue weighted by molar-refractivity contribution is 0.0541. The van der Waals surface area contributed by atoms with Crippen LogP contribution in [0.3, 0.4) is 0 Å². The van der Waals surface area contributed by atoms with Gasteiger partial charge in [0, 0.05) is 19.1 Å². The fourth-order valence-corrected chi connectivity index (χ4v) is 3.91. The second-order valence-corrected chi connectivity index (χ2v) is 7.06. The topological polar surface area (TPSA) is 29.3 Å². The highest BCUT2D eigenvalue weighted by Crippen LogP contribution is 2.34. The Balaban J connectivity index is 1.92. The quantitative estimate of drug-likeness (QED) is 0.836. The summed E-state index contributed by atoms with van der Waals surface area (Å²) in [7, 11) is 0. The maximum atomic E-state index is 6.11. The zero-order chi connectivity index (χ0) is 13.1. The molecular formula is C16H32N2. The van der Waals surface area contributed by atoms with Crippen molar-refractivity contribution in [3.05, 3.63) is 0 Å². The number of hydrogen-bond donors (Lipinski definition) is 1. The van der Waals surface area contributed by atoms with E-state index in [1.807, 2.05) is 0 Å². The molecule has 2 fully saturated rings. The summed E-state index contributed by atoms with van der Waals surface area (Å²) in [4.78, 5) is 2.71. The first-order chi connectivity index (χ1) is 8.61. The largest absolute Gasteiger partial charge is 0.329 e. The summed E-state index contributed by atoms with van der Waals surface area (Å²) in [6.07, 6.45) is 7.01. The van der Waals surface area contributed by atoms with Gasteiger partial charge < -0.3 is 5.73 Å². The first-order valence-corrected chi connectivity index (χ1v) is 8.06. The molecule has 1 saturated carbocycles. The first kappa shape index (κ1) is 14.3. The highest BCUT2D eigenvalue weighted by atomic mass is 15.2. The molecular weight excluding hydrogens is 220 g/mol. The van der Waals surface area contributed by atoms with Crippen molar-refractivity contribution < 1.29 is 0 Å². The Labute approximate surface area is 113 Å². The van der Waals surface area contributed by atoms with E-state index >= 15 is 0 Å². The predicted octanol–water partition coefficient (Wildman–Crippen LogP) is 3.12. The summed E-state index contributed by atoms with van der Waals surface area (Å²) < 4.78 is 0. The van der Waals surface area contributed by atoms with Crippen LogP contribution >= 0.6 is 0 Å². The normalized spacial score (nSPS) is 40.7. The summed E-state index contributed by atoms with van der Waals surface area (Å²) >= 11 is 0. The number of rotatable bonds is 3. The van der Waals surface area contributed by atoms with Gasteiger partial charge >= 0.3 is 0 Å². The third-order valence-electron chi connectivity index (χ3n) is 5.68. The minimum absolute atomic E-state index is 0.660. The average molecular weight is 252 g/mol. The van der Waals surface area contributed by atoms with Crippen LogP contribution in [-0.2, 0) is 0 Å². The molecule has 1 aliphatic heterocycles. The number of nitrogens with zero attached hydrogens (tertiary/aromatic N) is 1. The van der Waals surface area contributed by atoms with Gasteiger partial charge in [0.1, 0.15) is 0 Å². The first-order valence-electron chi connectivity index (χ1n) is 8.06. The van der Waals surface area contributed by atoms with E-state index in [1.54, 1.807) is 0 Å². The number of piperidine rings is 1. The Morgan fingerprint density at radius 1 is 1.00 bits per heavy atom. The van der Waals surface area contributed by atoms with E-state index in [2.05, 4.69) is 25.7 Å². The van der Waals surface area contributed by atoms with Crippen LogP contribution in [0.2, 0.25) is 0 Å². The smallest absolute Gasteiger partial charge is 0.0246 e. The molecule has 2 nitrogen and oxygen atoms in total. The summed E-state index contributed by atoms with van der Waals surface area (Å²) in [5.74, 6) is 3.55. The van der Waals surface area contributed by atoms with Gasteiger partial charge in [0.2, 0.25) is 0 Å². The second kappa shape index (κ2) is 6.38. The Morgan fingerprint density at radius 3 is 2.22 bits per heavy atom. The minimum atomic E-state index is 0.660. The van der Waals surface area contributed by atoms with Gasteiger partial charge in [-0.1, -0.05) is 33.6 Å². The van der Waals surface area contributed by atoms with Gasteiger partial charge in [0.15, 0.2) is 0 Å². The molecule has 0 aromatic heterocycles. The molecule has 1 aliphatic carbocycles. The number of likely N-dealkylation sites (tertiary alicyclic amines) is 1. The van der Waals surface area contributed by atoms with E-state index in [9.17, 15) is 0 Å². The lowest BCUT2D eigenvalue weighted by atomic mass is 9.77. The summed E-state index contributed by atoms with van der Waals surface area (Å²) in [5.41, 5.74) is 6.11. The van der Waals surface area contributed by atoms with Crippen LogP contribution in [0.5, 0.6) is 0 Å². The van der Waals surface area contributed by atoms with Gasteiger partial charge in [-0.2, -0.15) is 0 Å². The van der Waals surface area contributed by atoms with Crippen LogP contribution in [0, 0.1) is 23.7 Å². The number of nitrogens with two attached hydrogens (primary N) is 1. The van der Waals surface area contributed by atoms with Crippen molar-refractivity contribution in [1.82, 2.24) is 4.90 Å². The van der Waals surface area contributed by atoms with E-state index < -0.39 is 0 Å². The van der Waals surface area contributed by atoms with Gasteiger partial charge in [0.05, 0.1) is 0 Å². The SMILES string of the molecule is CC1CCC(C(CN)N2CCC(C)C(C)C2)CC1. The Bertz CT molecular complexity index is 245. The Kier molecular flexibility index (Phi) is 5.08. The maximum absolute atomic E-state index is 6.11. The van der Waals surface area contributed by atoms with E-state index in [-0.39, 0.29) is 0 Å². The van der Waals surface area contributed by atoms with Crippen molar-refractivity contribution >= 4 is 0 Å². The summed E-state index contributed by atoms with van der Waals surface area (Å²) in [6.45, 7) is 10.6. The monoisotopic (exact) mass is 252 g/mol. The maximum Gasteiger partial charge on any atom is 0.0246 e. The highest BCUT2D eigenvalue weighted by molar-refractivity contribution is 4.87. The zero-order valence-corrected chi connectivity index (χ0v) is 12.6. The van der Waals surface area contributed by atoms with Crippen molar-refractivity contribution in [3.63, 3.8) is 0 Å². The molecule has 2 rings (SSSR count). The van der Waals surface area contributed by atoms with Crippen LogP contribution in [0.4, 0.5) is 0 Å². The van der Waals surface area contributed by atoms with Crippen molar-refractivity contribution in [3.8, 4) is 0 Å². The molecule has 2 aliphatic rings. The van der Waals surface area contributed by atoms with Crippen LogP contribution < -0.4 is 5.73 Å². The molecule has 0 bridgehead atoms. The molecule has 3 atom stereocenters. The Morgan fingerprint density at radius 2 is 1.67 bits per heavy atom. The minimum Gasteiger partial charge on any atom is -0.329 e. The third kappa shape index (κ3) is 3.27. The van der Waals surface area contributed by atoms with E-state index in [1.165, 1.54) is 45.2 Å². The zero-order valence-electron chi connectivity index (χ0n) is 12.6. The molecule has 0 aromatic carbocycles. The molecule has 1 heterocycles. The fourth-order valence-electron chi connectivity index (χ4n) is 3.91. The lowest BCUT2D eigenvalue weighted by Gasteiger charge is -2.44. The van der Waals surface area contributed by atoms with Gasteiger partial charge in [-0.05, 0) is 49.5 Å². The van der Waals surface area contributed by atoms with Gasteiger partial charge in [-0.3, -0.25) is 4.90 Å². The average Bonchev–Trinajstić information content (AvgIpc) is 2.37. The van der Waals surface area contributed by atoms with E-state index in [4.69, 9.17) is 5.73 Å². The molecule has 2 N–H and O–H groups in total. The van der Waals surface area contributed by atoms with E-state index in [0.717, 1.165) is 30.2 Å². The summed E-state index contributed by atoms with van der Waals surface area (Å²) in [5, 5.41) is 0. The molecule has 1 saturated heterocycles. The van der Waals surface area contributed by atoms with Crippen LogP contribution in [-0.4, -0.2) is 30.6 Å². The molecule has 0 spiro atoms. The lowest BCUT2D eigenvalue weighted by Crippen LogP contribution is -2.51. The van der Waals surface area contributed by atoms with Gasteiger partial charge in [-0.15, -0.1) is 0 Å². The molecule has 0 radical (unpaired) electrons. The molecule has 3 unspecified atom stereocenters. The number of hydrogen-bond acceptors (Lipinski definition) is 2. The summed E-state index contributed by atoms with van der Waals surface area (Å²) in [6, 6.07) is 0.660. The third-order valence-corrected chi connectivity index (χ3v) is 5.68. The molecule has 2 heteroatoms. The molecule has 0 aromatic rings. The second-order valence-electron chi connectivity index (χ2n) is 7.06.